The lowest BCUT2D eigenvalue weighted by Crippen LogP contribution is -2.44. The van der Waals surface area contributed by atoms with E-state index in [9.17, 15) is 14.7 Å². The number of carbonyl (C=O) groups is 2. The molecule has 9 nitrogen and oxygen atoms in total. The minimum atomic E-state index is -0.363. The molecule has 0 saturated carbocycles. The van der Waals surface area contributed by atoms with Crippen LogP contribution in [0.2, 0.25) is 0 Å². The molecule has 0 aliphatic carbocycles. The summed E-state index contributed by atoms with van der Waals surface area (Å²) >= 11 is 0. The number of aromatic nitrogens is 2. The van der Waals surface area contributed by atoms with Crippen LogP contribution in [0.1, 0.15) is 55.3 Å². The molecule has 0 spiro atoms. The molecule has 1 aliphatic heterocycles. The van der Waals surface area contributed by atoms with Gasteiger partial charge in [0.2, 0.25) is 11.9 Å². The number of rotatable bonds is 11. The van der Waals surface area contributed by atoms with E-state index < -0.39 is 0 Å². The molecule has 1 aromatic rings. The van der Waals surface area contributed by atoms with Crippen molar-refractivity contribution in [3.05, 3.63) is 18.0 Å². The second-order valence-corrected chi connectivity index (χ2v) is 6.62. The predicted molar refractivity (Wildman–Crippen MR) is 97.6 cm³/mol. The number of morpholine rings is 1. The number of aliphatic hydroxyl groups excluding tert-OH is 1. The number of ether oxygens (including phenoxy) is 1. The summed E-state index contributed by atoms with van der Waals surface area (Å²) in [4.78, 5) is 33.6. The van der Waals surface area contributed by atoms with E-state index >= 15 is 0 Å². The van der Waals surface area contributed by atoms with Crippen molar-refractivity contribution in [3.63, 3.8) is 0 Å². The van der Waals surface area contributed by atoms with Crippen molar-refractivity contribution in [1.29, 1.82) is 0 Å². The predicted octanol–water partition coefficient (Wildman–Crippen LogP) is 1.09. The number of nitrogens with one attached hydrogen (secondary N) is 1. The molecule has 1 unspecified atom stereocenters. The molecule has 0 bridgehead atoms. The number of aliphatic hydroxyl groups is 1. The fourth-order valence-electron chi connectivity index (χ4n) is 2.94. The third kappa shape index (κ3) is 7.20. The van der Waals surface area contributed by atoms with Crippen LogP contribution >= 0.6 is 0 Å². The van der Waals surface area contributed by atoms with Gasteiger partial charge in [-0.15, -0.1) is 0 Å². The molecule has 1 aliphatic rings. The summed E-state index contributed by atoms with van der Waals surface area (Å²) in [7, 11) is 0. The van der Waals surface area contributed by atoms with Crippen LogP contribution in [-0.4, -0.2) is 64.4 Å². The van der Waals surface area contributed by atoms with Crippen molar-refractivity contribution in [1.82, 2.24) is 15.4 Å². The van der Waals surface area contributed by atoms with Gasteiger partial charge in [0.1, 0.15) is 0 Å². The smallest absolute Gasteiger partial charge is 0.243 e. The lowest BCUT2D eigenvalue weighted by atomic mass is 10.1. The van der Waals surface area contributed by atoms with E-state index in [4.69, 9.17) is 9.94 Å². The molecule has 2 rings (SSSR count). The van der Waals surface area contributed by atoms with Crippen LogP contribution in [0.15, 0.2) is 12.4 Å². The highest BCUT2D eigenvalue weighted by Gasteiger charge is 2.21. The topological polar surface area (TPSA) is 125 Å². The third-order valence-electron chi connectivity index (χ3n) is 4.52. The van der Waals surface area contributed by atoms with E-state index in [0.717, 1.165) is 32.1 Å². The van der Waals surface area contributed by atoms with Crippen molar-refractivity contribution >= 4 is 17.6 Å². The molecule has 3 N–H and O–H groups in total. The highest BCUT2D eigenvalue weighted by atomic mass is 16.5. The fraction of sp³-hybridized carbons (Fsp3) is 0.667. The summed E-state index contributed by atoms with van der Waals surface area (Å²) in [5.74, 6) is 0.203. The summed E-state index contributed by atoms with van der Waals surface area (Å²) in [6.07, 6.45) is 7.93. The number of anilines is 1. The van der Waals surface area contributed by atoms with Gasteiger partial charge in [-0.05, 0) is 12.8 Å². The molecule has 2 heterocycles. The maximum atomic E-state index is 12.2. The molecule has 1 saturated heterocycles. The first-order valence-corrected chi connectivity index (χ1v) is 9.39. The molecular formula is C18H28N4O5. The van der Waals surface area contributed by atoms with E-state index in [1.165, 1.54) is 0 Å². The summed E-state index contributed by atoms with van der Waals surface area (Å²) in [6.45, 7) is 1.66. The van der Waals surface area contributed by atoms with E-state index in [2.05, 4.69) is 9.97 Å². The first-order chi connectivity index (χ1) is 13.1. The van der Waals surface area contributed by atoms with Crippen LogP contribution in [0, 0.1) is 0 Å². The molecule has 1 aromatic heterocycles. The number of amides is 1. The van der Waals surface area contributed by atoms with Crippen LogP contribution in [0.3, 0.4) is 0 Å². The minimum absolute atomic E-state index is 0.0245. The number of hydrogen-bond acceptors (Lipinski definition) is 8. The number of carbonyl (C=O) groups excluding carboxylic acids is 2. The molecular weight excluding hydrogens is 352 g/mol. The Morgan fingerprint density at radius 3 is 2.48 bits per heavy atom. The van der Waals surface area contributed by atoms with Gasteiger partial charge in [-0.3, -0.25) is 14.8 Å². The van der Waals surface area contributed by atoms with E-state index in [-0.39, 0.29) is 24.4 Å². The highest BCUT2D eigenvalue weighted by molar-refractivity contribution is 5.95. The number of ketones is 1. The summed E-state index contributed by atoms with van der Waals surface area (Å²) < 4.78 is 5.41. The zero-order chi connectivity index (χ0) is 19.5. The van der Waals surface area contributed by atoms with E-state index in [1.807, 2.05) is 4.90 Å². The zero-order valence-corrected chi connectivity index (χ0v) is 15.5. The van der Waals surface area contributed by atoms with Gasteiger partial charge in [-0.2, -0.15) is 0 Å². The molecule has 1 fully saturated rings. The van der Waals surface area contributed by atoms with Crippen LogP contribution in [0.5, 0.6) is 0 Å². The standard InChI is InChI=1S/C18H28N4O5/c23-13-15-12-22(8-9-27-15)18-19-10-14(11-20-18)16(24)6-4-2-1-3-5-7-17(25)21-26/h10-11,15,23,26H,1-9,12-13H2,(H,21,25). The van der Waals surface area contributed by atoms with Gasteiger partial charge < -0.3 is 14.7 Å². The number of hydroxylamine groups is 1. The van der Waals surface area contributed by atoms with Crippen LogP contribution in [0.25, 0.3) is 0 Å². The normalized spacial score (nSPS) is 17.0. The van der Waals surface area contributed by atoms with Crippen molar-refractivity contribution in [3.8, 4) is 0 Å². The third-order valence-corrected chi connectivity index (χ3v) is 4.52. The first-order valence-electron chi connectivity index (χ1n) is 9.39. The Morgan fingerprint density at radius 2 is 1.81 bits per heavy atom. The van der Waals surface area contributed by atoms with Gasteiger partial charge in [0.25, 0.3) is 0 Å². The molecule has 150 valence electrons. The molecule has 9 heteroatoms. The average molecular weight is 380 g/mol. The first kappa shape index (κ1) is 21.2. The van der Waals surface area contributed by atoms with Gasteiger partial charge in [-0.1, -0.05) is 19.3 Å². The number of unbranched alkanes of at least 4 members (excludes halogenated alkanes) is 4. The summed E-state index contributed by atoms with van der Waals surface area (Å²) in [5.41, 5.74) is 2.12. The van der Waals surface area contributed by atoms with Gasteiger partial charge >= 0.3 is 0 Å². The Bertz CT molecular complexity index is 596. The zero-order valence-electron chi connectivity index (χ0n) is 15.5. The molecule has 0 radical (unpaired) electrons. The average Bonchev–Trinajstić information content (AvgIpc) is 2.72. The number of nitrogens with zero attached hydrogens (tertiary/aromatic N) is 3. The fourth-order valence-corrected chi connectivity index (χ4v) is 2.94. The maximum absolute atomic E-state index is 12.2. The van der Waals surface area contributed by atoms with Gasteiger partial charge in [0, 0.05) is 38.3 Å². The van der Waals surface area contributed by atoms with Gasteiger partial charge in [-0.25, -0.2) is 15.4 Å². The Morgan fingerprint density at radius 1 is 1.15 bits per heavy atom. The van der Waals surface area contributed by atoms with Crippen LogP contribution in [0.4, 0.5) is 5.95 Å². The van der Waals surface area contributed by atoms with Crippen molar-refractivity contribution in [2.75, 3.05) is 31.2 Å². The highest BCUT2D eigenvalue weighted by Crippen LogP contribution is 2.14. The minimum Gasteiger partial charge on any atom is -0.394 e. The van der Waals surface area contributed by atoms with Crippen LogP contribution < -0.4 is 10.4 Å². The Kier molecular flexibility index (Phi) is 9.09. The monoisotopic (exact) mass is 380 g/mol. The number of Topliss-reactive ketones (excluding diaryl/α,β-unsaturated/α-hetero) is 1. The van der Waals surface area contributed by atoms with E-state index in [1.54, 1.807) is 17.9 Å². The molecule has 1 amide bonds. The van der Waals surface area contributed by atoms with Gasteiger partial charge in [0.15, 0.2) is 5.78 Å². The Labute approximate surface area is 158 Å². The molecule has 1 atom stereocenters. The van der Waals surface area contributed by atoms with Crippen molar-refractivity contribution < 1.29 is 24.6 Å². The van der Waals surface area contributed by atoms with Crippen molar-refractivity contribution in [2.24, 2.45) is 0 Å². The largest absolute Gasteiger partial charge is 0.394 e. The summed E-state index contributed by atoms with van der Waals surface area (Å²) in [6, 6.07) is 0. The maximum Gasteiger partial charge on any atom is 0.243 e. The van der Waals surface area contributed by atoms with Crippen LogP contribution in [-0.2, 0) is 9.53 Å². The Hall–Kier alpha value is -2.10. The molecule has 0 aromatic carbocycles. The second kappa shape index (κ2) is 11.6. The lowest BCUT2D eigenvalue weighted by molar-refractivity contribution is -0.129. The quantitative estimate of drug-likeness (QED) is 0.225. The number of hydrogen-bond donors (Lipinski definition) is 3. The van der Waals surface area contributed by atoms with E-state index in [0.29, 0.717) is 44.0 Å². The second-order valence-electron chi connectivity index (χ2n) is 6.62. The summed E-state index contributed by atoms with van der Waals surface area (Å²) in [5, 5.41) is 17.6. The van der Waals surface area contributed by atoms with Crippen molar-refractivity contribution in [2.45, 2.75) is 51.0 Å². The molecule has 27 heavy (non-hydrogen) atoms. The van der Waals surface area contributed by atoms with Gasteiger partial charge in [0.05, 0.1) is 24.9 Å². The SMILES string of the molecule is O=C(CCCCCCCC(=O)c1cnc(N2CCOC(CO)C2)nc1)NO. The Balaban J connectivity index is 1.67. The lowest BCUT2D eigenvalue weighted by Gasteiger charge is -2.31.